The number of nitrogens with one attached hydrogen (secondary N) is 3. The van der Waals surface area contributed by atoms with Crippen molar-refractivity contribution in [3.63, 3.8) is 0 Å². The Labute approximate surface area is 181 Å². The Morgan fingerprint density at radius 2 is 2.19 bits per heavy atom. The molecule has 0 bridgehead atoms. The molecule has 0 aliphatic carbocycles. The Balaban J connectivity index is 1.80. The number of rotatable bonds is 5. The summed E-state index contributed by atoms with van der Waals surface area (Å²) in [5.41, 5.74) is -3.97. The number of alkyl halides is 1. The number of carbonyl (C=O) groups is 2. The molecule has 180 valence electrons. The summed E-state index contributed by atoms with van der Waals surface area (Å²) < 4.78 is 37.8. The van der Waals surface area contributed by atoms with E-state index in [1.165, 1.54) is 0 Å². The van der Waals surface area contributed by atoms with E-state index in [1.54, 1.807) is 13.8 Å². The zero-order valence-corrected chi connectivity index (χ0v) is 18.6. The van der Waals surface area contributed by atoms with Gasteiger partial charge in [-0.15, -0.1) is 0 Å². The Morgan fingerprint density at radius 1 is 1.47 bits per heavy atom. The molecule has 13 nitrogen and oxygen atoms in total. The van der Waals surface area contributed by atoms with Gasteiger partial charge in [0.1, 0.15) is 0 Å². The van der Waals surface area contributed by atoms with Crippen LogP contribution >= 0.6 is 8.02 Å². The summed E-state index contributed by atoms with van der Waals surface area (Å²) in [4.78, 5) is 60.2. The molecule has 32 heavy (non-hydrogen) atoms. The second kappa shape index (κ2) is 9.33. The monoisotopic (exact) mass is 480 g/mol. The molecule has 4 N–H and O–H groups in total. The number of hydrogen-bond acceptors (Lipinski definition) is 11. The zero-order chi connectivity index (χ0) is 23.7. The van der Waals surface area contributed by atoms with Gasteiger partial charge in [-0.3, -0.25) is 0 Å². The third-order valence-corrected chi connectivity index (χ3v) is 6.71. The number of fused-ring (bicyclic) bond motifs is 1. The predicted octanol–water partition coefficient (Wildman–Crippen LogP) is -1.36. The fourth-order valence-corrected chi connectivity index (χ4v) is 4.88. The van der Waals surface area contributed by atoms with Gasteiger partial charge in [0, 0.05) is 0 Å². The minimum atomic E-state index is -4.05. The second-order valence-electron chi connectivity index (χ2n) is 7.81. The molecule has 0 saturated carbocycles. The average molecular weight is 480 g/mol. The van der Waals surface area contributed by atoms with Crippen LogP contribution in [0.1, 0.15) is 27.0 Å². The van der Waals surface area contributed by atoms with Gasteiger partial charge in [0.05, 0.1) is 0 Å². The Morgan fingerprint density at radius 3 is 2.84 bits per heavy atom. The van der Waals surface area contributed by atoms with E-state index in [0.29, 0.717) is 0 Å². The van der Waals surface area contributed by atoms with Gasteiger partial charge in [0.25, 0.3) is 0 Å². The molecule has 0 unspecified atom stereocenters. The number of aromatic amines is 1. The molecule has 2 aliphatic rings. The first-order valence-electron chi connectivity index (χ1n) is 9.82. The van der Waals surface area contributed by atoms with Gasteiger partial charge in [-0.1, -0.05) is 0 Å². The molecule has 2 saturated heterocycles. The van der Waals surface area contributed by atoms with Crippen LogP contribution in [0.15, 0.2) is 21.9 Å². The summed E-state index contributed by atoms with van der Waals surface area (Å²) in [6.45, 7) is 3.01. The number of ether oxygens (including phenoxy) is 3. The van der Waals surface area contributed by atoms with Crippen LogP contribution in [0.4, 0.5) is 4.39 Å². The van der Waals surface area contributed by atoms with Crippen molar-refractivity contribution in [1.29, 1.82) is 0 Å². The van der Waals surface area contributed by atoms with Crippen LogP contribution in [-0.2, 0) is 28.3 Å². The fourth-order valence-electron chi connectivity index (χ4n) is 3.38. The summed E-state index contributed by atoms with van der Waals surface area (Å²) >= 11 is 0. The molecule has 0 spiro atoms. The van der Waals surface area contributed by atoms with E-state index in [1.807, 2.05) is 4.98 Å². The van der Waals surface area contributed by atoms with E-state index in [9.17, 15) is 24.1 Å². The normalized spacial score (nSPS) is 31.1. The SMILES string of the molecule is CC(C)OC(=O)CN[PH]1(O)NCC(=O)O[C@@H]2[C@@H](CO1)O[C@@H](n1ccc(=O)[nH]c1=O)[C@]2(C)F. The summed E-state index contributed by atoms with van der Waals surface area (Å²) in [5, 5.41) is 4.99. The topological polar surface area (TPSA) is 170 Å². The molecule has 0 aromatic carbocycles. The Kier molecular flexibility index (Phi) is 7.12. The molecule has 3 rings (SSSR count). The third-order valence-electron chi connectivity index (χ3n) is 4.81. The number of H-pyrrole nitrogens is 1. The number of halogens is 1. The van der Waals surface area contributed by atoms with Crippen molar-refractivity contribution in [1.82, 2.24) is 19.7 Å². The van der Waals surface area contributed by atoms with Crippen LogP contribution in [-0.4, -0.2) is 70.1 Å². The maximum absolute atomic E-state index is 15.7. The van der Waals surface area contributed by atoms with Crippen LogP contribution in [0.25, 0.3) is 0 Å². The van der Waals surface area contributed by atoms with E-state index >= 15 is 4.39 Å². The van der Waals surface area contributed by atoms with Gasteiger partial charge in [0.2, 0.25) is 0 Å². The summed E-state index contributed by atoms with van der Waals surface area (Å²) in [6.07, 6.45) is -3.54. The number of esters is 2. The molecule has 0 amide bonds. The van der Waals surface area contributed by atoms with Crippen molar-refractivity contribution in [3.05, 3.63) is 33.1 Å². The molecule has 1 aromatic heterocycles. The number of hydrogen-bond donors (Lipinski definition) is 4. The third kappa shape index (κ3) is 5.39. The molecular formula is C17H26FN4O9P. The van der Waals surface area contributed by atoms with Crippen molar-refractivity contribution < 1.29 is 37.6 Å². The quantitative estimate of drug-likeness (QED) is 0.290. The first kappa shape index (κ1) is 24.4. The molecular weight excluding hydrogens is 454 g/mol. The van der Waals surface area contributed by atoms with Gasteiger partial charge in [-0.25, -0.2) is 0 Å². The molecule has 2 aliphatic heterocycles. The Hall–Kier alpha value is -2.22. The van der Waals surface area contributed by atoms with Crippen LogP contribution in [0.2, 0.25) is 0 Å². The molecule has 2 fully saturated rings. The van der Waals surface area contributed by atoms with Crippen molar-refractivity contribution >= 4 is 20.0 Å². The van der Waals surface area contributed by atoms with Crippen molar-refractivity contribution in [2.75, 3.05) is 19.7 Å². The zero-order valence-electron chi connectivity index (χ0n) is 17.6. The maximum atomic E-state index is 15.7. The van der Waals surface area contributed by atoms with Crippen molar-refractivity contribution in [3.8, 4) is 0 Å². The summed E-state index contributed by atoms with van der Waals surface area (Å²) in [5.74, 6) is -1.57. The van der Waals surface area contributed by atoms with Crippen LogP contribution < -0.4 is 21.4 Å². The van der Waals surface area contributed by atoms with Crippen molar-refractivity contribution in [2.45, 2.75) is 51.0 Å². The molecule has 0 radical (unpaired) electrons. The van der Waals surface area contributed by atoms with E-state index in [0.717, 1.165) is 23.8 Å². The first-order chi connectivity index (χ1) is 14.9. The van der Waals surface area contributed by atoms with Gasteiger partial charge in [0.15, 0.2) is 0 Å². The Bertz CT molecular complexity index is 983. The predicted molar refractivity (Wildman–Crippen MR) is 108 cm³/mol. The number of nitrogens with zero attached hydrogens (tertiary/aromatic N) is 1. The molecule has 3 heterocycles. The van der Waals surface area contributed by atoms with Gasteiger partial charge in [-0.05, 0) is 0 Å². The van der Waals surface area contributed by atoms with Crippen molar-refractivity contribution in [2.24, 2.45) is 0 Å². The summed E-state index contributed by atoms with van der Waals surface area (Å²) in [7, 11) is -4.05. The fraction of sp³-hybridized carbons (Fsp3) is 0.647. The van der Waals surface area contributed by atoms with Crippen LogP contribution in [0, 0.1) is 0 Å². The average Bonchev–Trinajstić information content (AvgIpc) is 2.96. The molecule has 1 aromatic rings. The van der Waals surface area contributed by atoms with Gasteiger partial charge in [-0.2, -0.15) is 0 Å². The van der Waals surface area contributed by atoms with Gasteiger partial charge >= 0.3 is 181 Å². The van der Waals surface area contributed by atoms with Crippen LogP contribution in [0.3, 0.4) is 0 Å². The minimum absolute atomic E-state index is 0.367. The standard InChI is InChI=1S/C17H26FN4O9P/c1-9(2)29-12(24)6-19-32(27)20-7-13(25)31-14-10(8-28-32)30-15(17(14,3)18)22-5-4-11(23)21-16(22)26/h4-5,9-10,14-15,19-20,27,32H,6-8H2,1-3H3,(H,21,23,26)/t10-,14-,15-,17-/m1/s1. The van der Waals surface area contributed by atoms with Crippen LogP contribution in [0.5, 0.6) is 0 Å². The van der Waals surface area contributed by atoms with E-state index in [4.69, 9.17) is 18.7 Å². The second-order valence-corrected chi connectivity index (χ2v) is 10.1. The molecule has 15 heteroatoms. The van der Waals surface area contributed by atoms with E-state index < -0.39 is 75.0 Å². The number of carbonyl (C=O) groups excluding carboxylic acids is 2. The molecule has 4 atom stereocenters. The summed E-state index contributed by atoms with van der Waals surface area (Å²) in [6, 6.07) is 1.02. The van der Waals surface area contributed by atoms with E-state index in [-0.39, 0.29) is 6.10 Å². The first-order valence-corrected chi connectivity index (χ1v) is 11.7. The number of aromatic nitrogens is 2. The van der Waals surface area contributed by atoms with Gasteiger partial charge < -0.3 is 0 Å². The van der Waals surface area contributed by atoms with E-state index in [2.05, 4.69) is 10.2 Å².